The number of hydrogen-bond acceptors (Lipinski definition) is 4. The summed E-state index contributed by atoms with van der Waals surface area (Å²) >= 11 is 0. The highest BCUT2D eigenvalue weighted by Crippen LogP contribution is 2.11. The average molecular weight is 282 g/mol. The van der Waals surface area contributed by atoms with Crippen LogP contribution in [0, 0.1) is 0 Å². The van der Waals surface area contributed by atoms with Gasteiger partial charge in [0.15, 0.2) is 0 Å². The van der Waals surface area contributed by atoms with Gasteiger partial charge in [-0.1, -0.05) is 18.2 Å². The molecule has 5 nitrogen and oxygen atoms in total. The van der Waals surface area contributed by atoms with Crippen LogP contribution in [0.5, 0.6) is 0 Å². The molecule has 0 bridgehead atoms. The lowest BCUT2D eigenvalue weighted by molar-refractivity contribution is 0.0955. The van der Waals surface area contributed by atoms with Gasteiger partial charge < -0.3 is 10.6 Å². The molecule has 0 aliphatic carbocycles. The largest absolute Gasteiger partial charge is 0.399 e. The molecule has 0 heterocycles. The molecule has 0 fully saturated rings. The first-order valence-electron chi connectivity index (χ1n) is 6.52. The number of benzene rings is 2. The Morgan fingerprint density at radius 1 is 1.19 bits per heavy atom. The van der Waals surface area contributed by atoms with Crippen molar-refractivity contribution in [3.8, 4) is 0 Å². The molecular weight excluding hydrogens is 264 g/mol. The number of hydrazone groups is 1. The lowest BCUT2D eigenvalue weighted by Crippen LogP contribution is -2.17. The zero-order valence-electron chi connectivity index (χ0n) is 12.1. The lowest BCUT2D eigenvalue weighted by Gasteiger charge is -2.11. The van der Waals surface area contributed by atoms with Gasteiger partial charge >= 0.3 is 0 Å². The molecule has 0 saturated carbocycles. The molecule has 2 aromatic rings. The van der Waals surface area contributed by atoms with Crippen LogP contribution in [-0.2, 0) is 0 Å². The van der Waals surface area contributed by atoms with Gasteiger partial charge in [-0.3, -0.25) is 4.79 Å². The number of nitrogens with two attached hydrogens (primary N) is 1. The van der Waals surface area contributed by atoms with E-state index in [4.69, 9.17) is 5.73 Å². The van der Waals surface area contributed by atoms with Gasteiger partial charge in [-0.2, -0.15) is 5.10 Å². The Hall–Kier alpha value is -2.82. The summed E-state index contributed by atoms with van der Waals surface area (Å²) in [6, 6.07) is 14.6. The maximum absolute atomic E-state index is 11.8. The number of nitrogen functional groups attached to an aromatic ring is 1. The summed E-state index contributed by atoms with van der Waals surface area (Å²) in [5.41, 5.74) is 11.2. The van der Waals surface area contributed by atoms with Crippen LogP contribution in [0.1, 0.15) is 15.9 Å². The topological polar surface area (TPSA) is 70.7 Å². The average Bonchev–Trinajstić information content (AvgIpc) is 2.47. The van der Waals surface area contributed by atoms with Crippen LogP contribution in [0.15, 0.2) is 53.6 Å². The number of carbonyl (C=O) groups excluding carboxylic acids is 1. The summed E-state index contributed by atoms with van der Waals surface area (Å²) in [6.07, 6.45) is 1.60. The van der Waals surface area contributed by atoms with E-state index in [0.717, 1.165) is 11.3 Å². The molecule has 0 aliphatic rings. The fraction of sp³-hybridized carbons (Fsp3) is 0.125. The highest BCUT2D eigenvalue weighted by atomic mass is 16.2. The first-order chi connectivity index (χ1) is 10.1. The van der Waals surface area contributed by atoms with E-state index < -0.39 is 0 Å². The number of anilines is 2. The van der Waals surface area contributed by atoms with Crippen LogP contribution in [0.25, 0.3) is 0 Å². The molecule has 0 unspecified atom stereocenters. The Labute approximate surface area is 124 Å². The summed E-state index contributed by atoms with van der Waals surface area (Å²) in [5, 5.41) is 3.94. The van der Waals surface area contributed by atoms with Crippen molar-refractivity contribution in [2.75, 3.05) is 24.7 Å². The highest BCUT2D eigenvalue weighted by Gasteiger charge is 2.03. The quantitative estimate of drug-likeness (QED) is 0.512. The standard InChI is InChI=1S/C16H18N4O/c1-20(2)15-8-6-12(7-9-15)11-18-19-16(21)13-4-3-5-14(17)10-13/h3-11H,17H2,1-2H3,(H,19,21)/b18-11+. The van der Waals surface area contributed by atoms with Crippen LogP contribution >= 0.6 is 0 Å². The molecule has 3 N–H and O–H groups in total. The van der Waals surface area contributed by atoms with Crippen LogP contribution in [-0.4, -0.2) is 26.2 Å². The van der Waals surface area contributed by atoms with Crippen LogP contribution < -0.4 is 16.1 Å². The van der Waals surface area contributed by atoms with Crippen LogP contribution in [0.4, 0.5) is 11.4 Å². The highest BCUT2D eigenvalue weighted by molar-refractivity contribution is 5.95. The van der Waals surface area contributed by atoms with Gasteiger partial charge in [-0.25, -0.2) is 5.43 Å². The van der Waals surface area contributed by atoms with E-state index in [1.54, 1.807) is 30.5 Å². The minimum Gasteiger partial charge on any atom is -0.399 e. The van der Waals surface area contributed by atoms with Crippen molar-refractivity contribution >= 4 is 23.5 Å². The maximum atomic E-state index is 11.8. The second kappa shape index (κ2) is 6.56. The fourth-order valence-corrected chi connectivity index (χ4v) is 1.77. The Morgan fingerprint density at radius 3 is 2.52 bits per heavy atom. The summed E-state index contributed by atoms with van der Waals surface area (Å²) in [5.74, 6) is -0.288. The third-order valence-corrected chi connectivity index (χ3v) is 2.94. The molecule has 0 aromatic heterocycles. The normalized spacial score (nSPS) is 10.6. The summed E-state index contributed by atoms with van der Waals surface area (Å²) < 4.78 is 0. The zero-order valence-corrected chi connectivity index (χ0v) is 12.1. The van der Waals surface area contributed by atoms with E-state index in [0.29, 0.717) is 11.3 Å². The van der Waals surface area contributed by atoms with Crippen molar-refractivity contribution in [3.63, 3.8) is 0 Å². The van der Waals surface area contributed by atoms with E-state index in [-0.39, 0.29) is 5.91 Å². The molecule has 0 atom stereocenters. The van der Waals surface area contributed by atoms with Crippen molar-refractivity contribution in [3.05, 3.63) is 59.7 Å². The van der Waals surface area contributed by atoms with Gasteiger partial charge in [0, 0.05) is 31.0 Å². The van der Waals surface area contributed by atoms with Gasteiger partial charge in [0.2, 0.25) is 0 Å². The maximum Gasteiger partial charge on any atom is 0.271 e. The van der Waals surface area contributed by atoms with E-state index >= 15 is 0 Å². The van der Waals surface area contributed by atoms with Gasteiger partial charge in [-0.05, 0) is 35.9 Å². The summed E-state index contributed by atoms with van der Waals surface area (Å²) in [7, 11) is 3.96. The van der Waals surface area contributed by atoms with Gasteiger partial charge in [0.25, 0.3) is 5.91 Å². The summed E-state index contributed by atoms with van der Waals surface area (Å²) in [6.45, 7) is 0. The molecule has 21 heavy (non-hydrogen) atoms. The first-order valence-corrected chi connectivity index (χ1v) is 6.52. The number of nitrogens with zero attached hydrogens (tertiary/aromatic N) is 2. The lowest BCUT2D eigenvalue weighted by atomic mass is 10.2. The van der Waals surface area contributed by atoms with Crippen molar-refractivity contribution in [2.24, 2.45) is 5.10 Å². The Balaban J connectivity index is 1.97. The molecule has 2 rings (SSSR count). The van der Waals surface area contributed by atoms with E-state index in [1.165, 1.54) is 0 Å². The van der Waals surface area contributed by atoms with E-state index in [9.17, 15) is 4.79 Å². The Bertz CT molecular complexity index is 648. The monoisotopic (exact) mass is 282 g/mol. The smallest absolute Gasteiger partial charge is 0.271 e. The molecule has 0 saturated heterocycles. The summed E-state index contributed by atoms with van der Waals surface area (Å²) in [4.78, 5) is 13.9. The Morgan fingerprint density at radius 2 is 1.90 bits per heavy atom. The second-order valence-electron chi connectivity index (χ2n) is 4.81. The number of amides is 1. The molecule has 1 amide bonds. The first kappa shape index (κ1) is 14.6. The van der Waals surface area contributed by atoms with Crippen LogP contribution in [0.3, 0.4) is 0 Å². The van der Waals surface area contributed by atoms with Gasteiger partial charge in [0.05, 0.1) is 6.21 Å². The molecule has 2 aromatic carbocycles. The third kappa shape index (κ3) is 4.07. The number of hydrogen-bond donors (Lipinski definition) is 2. The van der Waals surface area contributed by atoms with Crippen molar-refractivity contribution in [1.82, 2.24) is 5.43 Å². The van der Waals surface area contributed by atoms with Gasteiger partial charge in [0.1, 0.15) is 0 Å². The van der Waals surface area contributed by atoms with Crippen LogP contribution in [0.2, 0.25) is 0 Å². The number of nitrogens with one attached hydrogen (secondary N) is 1. The molecule has 0 spiro atoms. The zero-order chi connectivity index (χ0) is 15.2. The molecule has 5 heteroatoms. The molecule has 0 aliphatic heterocycles. The molecular formula is C16H18N4O. The van der Waals surface area contributed by atoms with Crippen molar-refractivity contribution in [2.45, 2.75) is 0 Å². The predicted molar refractivity (Wildman–Crippen MR) is 86.7 cm³/mol. The van der Waals surface area contributed by atoms with Crippen molar-refractivity contribution in [1.29, 1.82) is 0 Å². The Kier molecular flexibility index (Phi) is 4.56. The minimum absolute atomic E-state index is 0.288. The van der Waals surface area contributed by atoms with E-state index in [2.05, 4.69) is 10.5 Å². The SMILES string of the molecule is CN(C)c1ccc(/C=N/NC(=O)c2cccc(N)c2)cc1. The number of carbonyl (C=O) groups is 1. The van der Waals surface area contributed by atoms with Crippen molar-refractivity contribution < 1.29 is 4.79 Å². The third-order valence-electron chi connectivity index (χ3n) is 2.94. The fourth-order valence-electron chi connectivity index (χ4n) is 1.77. The second-order valence-corrected chi connectivity index (χ2v) is 4.81. The minimum atomic E-state index is -0.288. The van der Waals surface area contributed by atoms with E-state index in [1.807, 2.05) is 43.3 Å². The predicted octanol–water partition coefficient (Wildman–Crippen LogP) is 2.10. The van der Waals surface area contributed by atoms with Gasteiger partial charge in [-0.15, -0.1) is 0 Å². The molecule has 108 valence electrons. The number of rotatable bonds is 4. The molecule has 0 radical (unpaired) electrons.